The van der Waals surface area contributed by atoms with Crippen LogP contribution in [-0.2, 0) is 6.42 Å². The highest BCUT2D eigenvalue weighted by Gasteiger charge is 2.17. The van der Waals surface area contributed by atoms with Gasteiger partial charge in [0.15, 0.2) is 0 Å². The molecular weight excluding hydrogens is 271 g/mol. The Balaban J connectivity index is 3.40. The quantitative estimate of drug-likeness (QED) is 0.464. The lowest BCUT2D eigenvalue weighted by molar-refractivity contribution is 0.411. The third-order valence-electron chi connectivity index (χ3n) is 4.34. The van der Waals surface area contributed by atoms with Crippen molar-refractivity contribution in [2.75, 3.05) is 6.67 Å². The number of hydrogen-bond acceptors (Lipinski definition) is 0. The molecule has 1 heteroatoms. The molecule has 1 aromatic rings. The fraction of sp³-hybridized carbons (Fsp3) is 0.524. The van der Waals surface area contributed by atoms with E-state index in [0.29, 0.717) is 0 Å². The minimum atomic E-state index is -0.260. The van der Waals surface area contributed by atoms with Crippen molar-refractivity contribution in [3.8, 4) is 0 Å². The van der Waals surface area contributed by atoms with E-state index < -0.39 is 0 Å². The van der Waals surface area contributed by atoms with Gasteiger partial charge in [0, 0.05) is 5.92 Å². The fourth-order valence-corrected chi connectivity index (χ4v) is 3.27. The van der Waals surface area contributed by atoms with E-state index >= 15 is 0 Å². The van der Waals surface area contributed by atoms with Crippen LogP contribution in [-0.4, -0.2) is 6.67 Å². The van der Waals surface area contributed by atoms with Crippen LogP contribution in [0.4, 0.5) is 4.39 Å². The van der Waals surface area contributed by atoms with E-state index in [2.05, 4.69) is 65.0 Å². The lowest BCUT2D eigenvalue weighted by Gasteiger charge is -2.21. The molecule has 0 N–H and O–H groups in total. The van der Waals surface area contributed by atoms with Gasteiger partial charge in [-0.25, -0.2) is 0 Å². The molecule has 0 aromatic heterocycles. The number of halogens is 1. The molecule has 0 spiro atoms. The van der Waals surface area contributed by atoms with E-state index in [-0.39, 0.29) is 12.6 Å². The molecule has 0 radical (unpaired) electrons. The minimum absolute atomic E-state index is 0.0460. The van der Waals surface area contributed by atoms with Crippen molar-refractivity contribution < 1.29 is 4.39 Å². The Morgan fingerprint density at radius 2 is 1.95 bits per heavy atom. The lowest BCUT2D eigenvalue weighted by atomic mass is 9.85. The number of allylic oxidation sites excluding steroid dienone is 4. The highest BCUT2D eigenvalue weighted by Crippen LogP contribution is 2.32. The predicted octanol–water partition coefficient (Wildman–Crippen LogP) is 6.78. The third-order valence-corrected chi connectivity index (χ3v) is 4.34. The van der Waals surface area contributed by atoms with E-state index in [1.54, 1.807) is 0 Å². The molecule has 1 rings (SSSR count). The number of hydrogen-bond donors (Lipinski definition) is 0. The SMILES string of the molecule is C/C=C/C(=C/CC)c1ccc(C(CF)CCC)c(C)c1CC. The molecule has 0 bridgehead atoms. The molecule has 0 fully saturated rings. The highest BCUT2D eigenvalue weighted by molar-refractivity contribution is 5.77. The van der Waals surface area contributed by atoms with Crippen LogP contribution in [0.2, 0.25) is 0 Å². The van der Waals surface area contributed by atoms with Crippen LogP contribution in [0.3, 0.4) is 0 Å². The number of benzene rings is 1. The van der Waals surface area contributed by atoms with Gasteiger partial charge in [-0.15, -0.1) is 0 Å². The van der Waals surface area contributed by atoms with Crippen molar-refractivity contribution in [3.05, 3.63) is 52.6 Å². The molecule has 0 amide bonds. The van der Waals surface area contributed by atoms with Crippen molar-refractivity contribution in [2.45, 2.75) is 66.2 Å². The average Bonchev–Trinajstić information content (AvgIpc) is 2.52. The van der Waals surface area contributed by atoms with Gasteiger partial charge in [0.05, 0.1) is 6.67 Å². The van der Waals surface area contributed by atoms with Gasteiger partial charge >= 0.3 is 0 Å². The van der Waals surface area contributed by atoms with Gasteiger partial charge in [0.25, 0.3) is 0 Å². The van der Waals surface area contributed by atoms with Crippen LogP contribution >= 0.6 is 0 Å². The zero-order valence-corrected chi connectivity index (χ0v) is 14.9. The Morgan fingerprint density at radius 1 is 1.23 bits per heavy atom. The molecule has 122 valence electrons. The van der Waals surface area contributed by atoms with Crippen molar-refractivity contribution >= 4 is 5.57 Å². The van der Waals surface area contributed by atoms with Gasteiger partial charge in [0.2, 0.25) is 0 Å². The topological polar surface area (TPSA) is 0 Å². The standard InChI is InChI=1S/C21H31F/c1-6-10-17(11-7-2)21-14-13-20(16(5)19(21)9-4)18(15-22)12-8-3/h6,10-11,13-14,18H,7-9,12,15H2,1-5H3/b10-6+,17-11-. The van der Waals surface area contributed by atoms with Crippen LogP contribution in [0.5, 0.6) is 0 Å². The maximum Gasteiger partial charge on any atom is 0.0963 e. The Kier molecular flexibility index (Phi) is 8.16. The van der Waals surface area contributed by atoms with Gasteiger partial charge in [0.1, 0.15) is 0 Å². The summed E-state index contributed by atoms with van der Waals surface area (Å²) in [4.78, 5) is 0. The zero-order valence-electron chi connectivity index (χ0n) is 14.9. The highest BCUT2D eigenvalue weighted by atomic mass is 19.1. The van der Waals surface area contributed by atoms with Gasteiger partial charge in [-0.2, -0.15) is 0 Å². The summed E-state index contributed by atoms with van der Waals surface area (Å²) in [6, 6.07) is 4.34. The summed E-state index contributed by atoms with van der Waals surface area (Å²) in [6.07, 6.45) is 10.5. The van der Waals surface area contributed by atoms with E-state index in [4.69, 9.17) is 0 Å². The summed E-state index contributed by atoms with van der Waals surface area (Å²) in [5.74, 6) is 0.0460. The van der Waals surface area contributed by atoms with Gasteiger partial charge in [-0.05, 0) is 60.9 Å². The Hall–Kier alpha value is -1.37. The van der Waals surface area contributed by atoms with Crippen molar-refractivity contribution in [1.29, 1.82) is 0 Å². The Labute approximate surface area is 136 Å². The largest absolute Gasteiger partial charge is 0.250 e. The van der Waals surface area contributed by atoms with E-state index in [1.165, 1.54) is 27.8 Å². The summed E-state index contributed by atoms with van der Waals surface area (Å²) < 4.78 is 13.4. The fourth-order valence-electron chi connectivity index (χ4n) is 3.27. The summed E-state index contributed by atoms with van der Waals surface area (Å²) >= 11 is 0. The van der Waals surface area contributed by atoms with Crippen molar-refractivity contribution in [2.24, 2.45) is 0 Å². The van der Waals surface area contributed by atoms with E-state index in [9.17, 15) is 4.39 Å². The Bertz CT molecular complexity index is 523. The first kappa shape index (κ1) is 18.7. The first-order valence-electron chi connectivity index (χ1n) is 8.65. The van der Waals surface area contributed by atoms with Crippen LogP contribution < -0.4 is 0 Å². The second-order valence-electron chi connectivity index (χ2n) is 5.87. The number of rotatable bonds is 8. The monoisotopic (exact) mass is 302 g/mol. The van der Waals surface area contributed by atoms with E-state index in [0.717, 1.165) is 25.7 Å². The van der Waals surface area contributed by atoms with Crippen LogP contribution in [0.25, 0.3) is 5.57 Å². The summed E-state index contributed by atoms with van der Waals surface area (Å²) in [7, 11) is 0. The van der Waals surface area contributed by atoms with Crippen molar-refractivity contribution in [1.82, 2.24) is 0 Å². The third kappa shape index (κ3) is 4.32. The van der Waals surface area contributed by atoms with Gasteiger partial charge < -0.3 is 0 Å². The molecule has 0 saturated heterocycles. The molecule has 22 heavy (non-hydrogen) atoms. The molecule has 1 aromatic carbocycles. The molecule has 0 heterocycles. The molecule has 1 unspecified atom stereocenters. The average molecular weight is 302 g/mol. The molecular formula is C21H31F. The Morgan fingerprint density at radius 3 is 2.45 bits per heavy atom. The maximum absolute atomic E-state index is 13.4. The molecule has 0 nitrogen and oxygen atoms in total. The van der Waals surface area contributed by atoms with Crippen LogP contribution in [0.15, 0.2) is 30.4 Å². The van der Waals surface area contributed by atoms with E-state index in [1.807, 2.05) is 0 Å². The second-order valence-corrected chi connectivity index (χ2v) is 5.87. The molecule has 0 aliphatic rings. The second kappa shape index (κ2) is 9.61. The minimum Gasteiger partial charge on any atom is -0.250 e. The molecule has 0 saturated carbocycles. The molecule has 0 aliphatic carbocycles. The molecule has 1 atom stereocenters. The predicted molar refractivity (Wildman–Crippen MR) is 97.3 cm³/mol. The first-order valence-corrected chi connectivity index (χ1v) is 8.65. The van der Waals surface area contributed by atoms with Gasteiger partial charge in [-0.3, -0.25) is 4.39 Å². The van der Waals surface area contributed by atoms with Gasteiger partial charge in [-0.1, -0.05) is 57.6 Å². The zero-order chi connectivity index (χ0) is 16.5. The lowest BCUT2D eigenvalue weighted by Crippen LogP contribution is -2.07. The first-order chi connectivity index (χ1) is 10.6. The van der Waals surface area contributed by atoms with Crippen LogP contribution in [0.1, 0.15) is 75.1 Å². The maximum atomic E-state index is 13.4. The summed E-state index contributed by atoms with van der Waals surface area (Å²) in [5.41, 5.74) is 6.43. The number of alkyl halides is 1. The normalized spacial score (nSPS) is 13.8. The molecule has 0 aliphatic heterocycles. The van der Waals surface area contributed by atoms with Crippen LogP contribution in [0, 0.1) is 6.92 Å². The summed E-state index contributed by atoms with van der Waals surface area (Å²) in [6.45, 7) is 10.4. The smallest absolute Gasteiger partial charge is 0.0963 e. The van der Waals surface area contributed by atoms with Crippen molar-refractivity contribution in [3.63, 3.8) is 0 Å². The summed E-state index contributed by atoms with van der Waals surface area (Å²) in [5, 5.41) is 0.